The van der Waals surface area contributed by atoms with Gasteiger partial charge in [0.1, 0.15) is 0 Å². The van der Waals surface area contributed by atoms with Gasteiger partial charge < -0.3 is 20.5 Å². The number of nitrogens with one attached hydrogen (secondary N) is 2. The third kappa shape index (κ3) is 4.04. The largest absolute Gasteiger partial charge is 0.394 e. The molecule has 14 heavy (non-hydrogen) atoms. The summed E-state index contributed by atoms with van der Waals surface area (Å²) in [4.78, 5) is 11.6. The van der Waals surface area contributed by atoms with Gasteiger partial charge in [-0.05, 0) is 20.9 Å². The molecule has 5 heteroatoms. The summed E-state index contributed by atoms with van der Waals surface area (Å²) in [6.45, 7) is 3.72. The van der Waals surface area contributed by atoms with Crippen LogP contribution in [0.25, 0.3) is 0 Å². The normalized spacial score (nSPS) is 13.8. The van der Waals surface area contributed by atoms with Gasteiger partial charge in [-0.25, -0.2) is 0 Å². The third-order valence-electron chi connectivity index (χ3n) is 2.12. The van der Waals surface area contributed by atoms with Gasteiger partial charge in [-0.2, -0.15) is 0 Å². The first-order valence-electron chi connectivity index (χ1n) is 4.57. The minimum Gasteiger partial charge on any atom is -0.394 e. The van der Waals surface area contributed by atoms with Crippen molar-refractivity contribution in [2.24, 2.45) is 0 Å². The SMILES string of the molecule is CNC(C)(C)C(=O)NC(CO)COC. The number of carbonyl (C=O) groups is 1. The van der Waals surface area contributed by atoms with Gasteiger partial charge in [-0.1, -0.05) is 0 Å². The summed E-state index contributed by atoms with van der Waals surface area (Å²) in [5.41, 5.74) is -0.638. The number of aliphatic hydroxyl groups is 1. The van der Waals surface area contributed by atoms with Gasteiger partial charge in [0, 0.05) is 7.11 Å². The maximum absolute atomic E-state index is 11.6. The number of rotatable bonds is 6. The molecule has 0 spiro atoms. The first kappa shape index (κ1) is 13.4. The molecule has 3 N–H and O–H groups in total. The van der Waals surface area contributed by atoms with E-state index in [0.29, 0.717) is 6.61 Å². The van der Waals surface area contributed by atoms with E-state index in [1.54, 1.807) is 20.9 Å². The van der Waals surface area contributed by atoms with Gasteiger partial charge in [-0.3, -0.25) is 4.79 Å². The molecule has 0 fully saturated rings. The Bertz CT molecular complexity index is 183. The van der Waals surface area contributed by atoms with E-state index >= 15 is 0 Å². The highest BCUT2D eigenvalue weighted by atomic mass is 16.5. The van der Waals surface area contributed by atoms with E-state index < -0.39 is 5.54 Å². The Labute approximate surface area is 84.8 Å². The number of hydrogen-bond acceptors (Lipinski definition) is 4. The minimum absolute atomic E-state index is 0.126. The second kappa shape index (κ2) is 5.95. The lowest BCUT2D eigenvalue weighted by molar-refractivity contribution is -0.127. The van der Waals surface area contributed by atoms with Crippen LogP contribution in [0.15, 0.2) is 0 Å². The quantitative estimate of drug-likeness (QED) is 0.525. The number of likely N-dealkylation sites (N-methyl/N-ethyl adjacent to an activating group) is 1. The highest BCUT2D eigenvalue weighted by molar-refractivity contribution is 5.85. The second-order valence-electron chi connectivity index (χ2n) is 3.68. The van der Waals surface area contributed by atoms with Gasteiger partial charge in [0.2, 0.25) is 5.91 Å². The van der Waals surface area contributed by atoms with Crippen molar-refractivity contribution in [1.82, 2.24) is 10.6 Å². The molecule has 0 saturated heterocycles. The van der Waals surface area contributed by atoms with E-state index in [1.807, 2.05) is 0 Å². The van der Waals surface area contributed by atoms with Crippen LogP contribution in [0.4, 0.5) is 0 Å². The monoisotopic (exact) mass is 204 g/mol. The standard InChI is InChI=1S/C9H20N2O3/c1-9(2,10-3)8(13)11-7(5-12)6-14-4/h7,10,12H,5-6H2,1-4H3,(H,11,13). The fourth-order valence-electron chi connectivity index (χ4n) is 0.821. The molecule has 0 radical (unpaired) electrons. The molecule has 0 heterocycles. The maximum atomic E-state index is 11.6. The smallest absolute Gasteiger partial charge is 0.240 e. The minimum atomic E-state index is -0.638. The van der Waals surface area contributed by atoms with Gasteiger partial charge in [0.15, 0.2) is 0 Å². The van der Waals surface area contributed by atoms with E-state index in [0.717, 1.165) is 0 Å². The molecule has 0 aromatic rings. The summed E-state index contributed by atoms with van der Waals surface area (Å²) < 4.78 is 4.85. The van der Waals surface area contributed by atoms with Crippen molar-refractivity contribution >= 4 is 5.91 Å². The predicted molar refractivity (Wildman–Crippen MR) is 54.0 cm³/mol. The summed E-state index contributed by atoms with van der Waals surface area (Å²) >= 11 is 0. The van der Waals surface area contributed by atoms with Gasteiger partial charge in [0.25, 0.3) is 0 Å². The highest BCUT2D eigenvalue weighted by Crippen LogP contribution is 2.01. The number of amides is 1. The van der Waals surface area contributed by atoms with E-state index in [2.05, 4.69) is 10.6 Å². The molecule has 5 nitrogen and oxygen atoms in total. The fourth-order valence-corrected chi connectivity index (χ4v) is 0.821. The predicted octanol–water partition coefficient (Wildman–Crippen LogP) is -0.892. The van der Waals surface area contributed by atoms with Crippen molar-refractivity contribution in [3.8, 4) is 0 Å². The van der Waals surface area contributed by atoms with Crippen LogP contribution in [-0.2, 0) is 9.53 Å². The number of hydrogen-bond donors (Lipinski definition) is 3. The van der Waals surface area contributed by atoms with Crippen molar-refractivity contribution in [3.63, 3.8) is 0 Å². The molecule has 84 valence electrons. The molecule has 0 rings (SSSR count). The number of aliphatic hydroxyl groups excluding tert-OH is 1. The average Bonchev–Trinajstić information content (AvgIpc) is 2.16. The van der Waals surface area contributed by atoms with Gasteiger partial charge in [0.05, 0.1) is 24.8 Å². The topological polar surface area (TPSA) is 70.6 Å². The zero-order valence-electron chi connectivity index (χ0n) is 9.26. The zero-order chi connectivity index (χ0) is 11.2. The molecule has 0 aliphatic carbocycles. The lowest BCUT2D eigenvalue weighted by Gasteiger charge is -2.25. The van der Waals surface area contributed by atoms with Crippen molar-refractivity contribution < 1.29 is 14.6 Å². The van der Waals surface area contributed by atoms with Crippen LogP contribution >= 0.6 is 0 Å². The Morgan fingerprint density at radius 1 is 1.57 bits per heavy atom. The summed E-state index contributed by atoms with van der Waals surface area (Å²) in [6.07, 6.45) is 0. The third-order valence-corrected chi connectivity index (χ3v) is 2.12. The Kier molecular flexibility index (Phi) is 5.68. The maximum Gasteiger partial charge on any atom is 0.240 e. The Morgan fingerprint density at radius 2 is 2.14 bits per heavy atom. The summed E-state index contributed by atoms with van der Waals surface area (Å²) in [6, 6.07) is -0.347. The molecule has 0 aromatic carbocycles. The van der Waals surface area contributed by atoms with Crippen LogP contribution in [0.1, 0.15) is 13.8 Å². The molecule has 0 aliphatic rings. The van der Waals surface area contributed by atoms with Crippen LogP contribution in [0.2, 0.25) is 0 Å². The Morgan fingerprint density at radius 3 is 2.50 bits per heavy atom. The molecular weight excluding hydrogens is 184 g/mol. The summed E-state index contributed by atoms with van der Waals surface area (Å²) in [5, 5.41) is 14.5. The molecule has 1 amide bonds. The molecule has 0 aliphatic heterocycles. The van der Waals surface area contributed by atoms with Crippen molar-refractivity contribution in [2.75, 3.05) is 27.4 Å². The molecule has 1 unspecified atom stereocenters. The van der Waals surface area contributed by atoms with E-state index in [-0.39, 0.29) is 18.6 Å². The van der Waals surface area contributed by atoms with Gasteiger partial charge in [-0.15, -0.1) is 0 Å². The number of ether oxygens (including phenoxy) is 1. The van der Waals surface area contributed by atoms with Crippen molar-refractivity contribution in [2.45, 2.75) is 25.4 Å². The van der Waals surface area contributed by atoms with E-state index in [1.165, 1.54) is 7.11 Å². The molecular formula is C9H20N2O3. The van der Waals surface area contributed by atoms with Crippen LogP contribution in [-0.4, -0.2) is 50.0 Å². The lowest BCUT2D eigenvalue weighted by atomic mass is 10.0. The first-order chi connectivity index (χ1) is 6.47. The first-order valence-corrected chi connectivity index (χ1v) is 4.57. The van der Waals surface area contributed by atoms with E-state index in [4.69, 9.17) is 9.84 Å². The van der Waals surface area contributed by atoms with Crippen LogP contribution in [0, 0.1) is 0 Å². The lowest BCUT2D eigenvalue weighted by Crippen LogP contribution is -2.55. The molecule has 0 bridgehead atoms. The van der Waals surface area contributed by atoms with Crippen LogP contribution in [0.3, 0.4) is 0 Å². The second-order valence-corrected chi connectivity index (χ2v) is 3.68. The molecule has 0 aromatic heterocycles. The molecule has 1 atom stereocenters. The van der Waals surface area contributed by atoms with Crippen molar-refractivity contribution in [3.05, 3.63) is 0 Å². The van der Waals surface area contributed by atoms with E-state index in [9.17, 15) is 4.79 Å². The Hall–Kier alpha value is -0.650. The summed E-state index contributed by atoms with van der Waals surface area (Å²) in [7, 11) is 3.24. The van der Waals surface area contributed by atoms with Crippen LogP contribution < -0.4 is 10.6 Å². The average molecular weight is 204 g/mol. The van der Waals surface area contributed by atoms with Crippen molar-refractivity contribution in [1.29, 1.82) is 0 Å². The number of carbonyl (C=O) groups excluding carboxylic acids is 1. The Balaban J connectivity index is 4.15. The van der Waals surface area contributed by atoms with Gasteiger partial charge >= 0.3 is 0 Å². The summed E-state index contributed by atoms with van der Waals surface area (Å²) in [5.74, 6) is -0.156. The van der Waals surface area contributed by atoms with Crippen LogP contribution in [0.5, 0.6) is 0 Å². The zero-order valence-corrected chi connectivity index (χ0v) is 9.26. The number of methoxy groups -OCH3 is 1. The highest BCUT2D eigenvalue weighted by Gasteiger charge is 2.26. The molecule has 0 saturated carbocycles. The fraction of sp³-hybridized carbons (Fsp3) is 0.889.